The van der Waals surface area contributed by atoms with Crippen LogP contribution in [0.1, 0.15) is 33.3 Å². The first-order chi connectivity index (χ1) is 17.8. The van der Waals surface area contributed by atoms with Gasteiger partial charge >= 0.3 is 6.03 Å². The zero-order valence-corrected chi connectivity index (χ0v) is 23.5. The summed E-state index contributed by atoms with van der Waals surface area (Å²) in [5.74, 6) is 0.0160. The highest BCUT2D eigenvalue weighted by molar-refractivity contribution is 7.92. The average Bonchev–Trinajstić information content (AvgIpc) is 3.30. The van der Waals surface area contributed by atoms with Crippen molar-refractivity contribution in [3.05, 3.63) is 36.3 Å². The van der Waals surface area contributed by atoms with Gasteiger partial charge in [0.25, 0.3) is 10.0 Å². The minimum atomic E-state index is -3.94. The van der Waals surface area contributed by atoms with E-state index in [0.29, 0.717) is 17.9 Å². The van der Waals surface area contributed by atoms with E-state index in [9.17, 15) is 23.1 Å². The molecule has 3 rings (SSSR count). The van der Waals surface area contributed by atoms with E-state index < -0.39 is 22.2 Å². The Balaban J connectivity index is 1.95. The van der Waals surface area contributed by atoms with Crippen LogP contribution in [-0.4, -0.2) is 89.7 Å². The van der Waals surface area contributed by atoms with E-state index in [1.807, 2.05) is 20.8 Å². The van der Waals surface area contributed by atoms with Gasteiger partial charge in [0.2, 0.25) is 5.91 Å². The van der Waals surface area contributed by atoms with Gasteiger partial charge in [0.05, 0.1) is 31.9 Å². The minimum Gasteiger partial charge on any atom is -0.488 e. The number of sulfonamides is 1. The molecule has 13 heteroatoms. The van der Waals surface area contributed by atoms with E-state index in [1.54, 1.807) is 44.1 Å². The number of hydrogen-bond donors (Lipinski definition) is 3. The number of carbonyl (C=O) groups excluding carboxylic acids is 2. The lowest BCUT2D eigenvalue weighted by Crippen LogP contribution is -2.49. The number of aromatic nitrogens is 2. The number of ether oxygens (including phenoxy) is 1. The molecule has 0 unspecified atom stereocenters. The lowest BCUT2D eigenvalue weighted by Gasteiger charge is -2.34. The van der Waals surface area contributed by atoms with Gasteiger partial charge in [-0.15, -0.1) is 0 Å². The lowest BCUT2D eigenvalue weighted by atomic mass is 10.0. The molecule has 0 aliphatic carbocycles. The van der Waals surface area contributed by atoms with Crippen LogP contribution < -0.4 is 14.8 Å². The predicted octanol–water partition coefficient (Wildman–Crippen LogP) is 1.42. The predicted molar refractivity (Wildman–Crippen MR) is 142 cm³/mol. The largest absolute Gasteiger partial charge is 0.488 e. The first-order valence-electron chi connectivity index (χ1n) is 12.5. The van der Waals surface area contributed by atoms with E-state index in [4.69, 9.17) is 4.74 Å². The van der Waals surface area contributed by atoms with Crippen LogP contribution >= 0.6 is 0 Å². The van der Waals surface area contributed by atoms with E-state index >= 15 is 0 Å². The van der Waals surface area contributed by atoms with Crippen LogP contribution in [0, 0.1) is 5.92 Å². The number of nitrogens with zero attached hydrogens (tertiary/aromatic N) is 4. The number of imidazole rings is 1. The molecule has 12 nitrogen and oxygen atoms in total. The molecule has 0 spiro atoms. The van der Waals surface area contributed by atoms with Crippen molar-refractivity contribution in [2.24, 2.45) is 13.0 Å². The molecule has 2 heterocycles. The van der Waals surface area contributed by atoms with Crippen molar-refractivity contribution in [3.8, 4) is 5.75 Å². The number of nitrogens with one attached hydrogen (secondary N) is 2. The molecule has 38 heavy (non-hydrogen) atoms. The smallest absolute Gasteiger partial charge is 0.317 e. The molecular weight excluding hydrogens is 512 g/mol. The number of fused-ring (bicyclic) bond motifs is 1. The van der Waals surface area contributed by atoms with Crippen LogP contribution in [0.5, 0.6) is 5.75 Å². The normalized spacial score (nSPS) is 19.1. The Bertz CT molecular complexity index is 1250. The van der Waals surface area contributed by atoms with Gasteiger partial charge in [-0.3, -0.25) is 9.52 Å². The zero-order valence-electron chi connectivity index (χ0n) is 22.7. The lowest BCUT2D eigenvalue weighted by molar-refractivity contribution is -0.134. The van der Waals surface area contributed by atoms with Gasteiger partial charge in [-0.25, -0.2) is 9.78 Å². The Morgan fingerprint density at radius 1 is 1.32 bits per heavy atom. The van der Waals surface area contributed by atoms with Crippen LogP contribution in [0.25, 0.3) is 0 Å². The van der Waals surface area contributed by atoms with Gasteiger partial charge in [0, 0.05) is 50.0 Å². The summed E-state index contributed by atoms with van der Waals surface area (Å²) in [5, 5.41) is 12.5. The number of aliphatic hydroxyl groups excluding tert-OH is 1. The molecule has 1 aromatic heterocycles. The summed E-state index contributed by atoms with van der Waals surface area (Å²) in [5.41, 5.74) is 0.740. The number of aliphatic hydroxyl groups is 1. The molecular formula is C25H38N6O6S. The fraction of sp³-hybridized carbons (Fsp3) is 0.560. The third-order valence-corrected chi connectivity index (χ3v) is 7.60. The maximum atomic E-state index is 13.3. The van der Waals surface area contributed by atoms with Crippen LogP contribution in [0.3, 0.4) is 0 Å². The Morgan fingerprint density at radius 2 is 2.03 bits per heavy atom. The molecule has 1 aromatic carbocycles. The number of likely N-dealkylation sites (N-methyl/N-ethyl adjacent to an activating group) is 1. The Labute approximate surface area is 224 Å². The zero-order chi connectivity index (χ0) is 28.2. The van der Waals surface area contributed by atoms with Crippen molar-refractivity contribution < 1.29 is 27.9 Å². The van der Waals surface area contributed by atoms with Gasteiger partial charge in [0.15, 0.2) is 5.03 Å². The second-order valence-corrected chi connectivity index (χ2v) is 11.8. The third kappa shape index (κ3) is 7.16. The van der Waals surface area contributed by atoms with Crippen LogP contribution in [-0.2, 0) is 28.3 Å². The van der Waals surface area contributed by atoms with Crippen LogP contribution in [0.15, 0.2) is 35.7 Å². The number of aryl methyl sites for hydroxylation is 1. The Morgan fingerprint density at radius 3 is 2.63 bits per heavy atom. The molecule has 1 aliphatic rings. The number of hydrogen-bond acceptors (Lipinski definition) is 7. The SMILES string of the molecule is CC(C)NC(=O)N(C)C[C@@H]1Oc2ccc(NS(=O)(=O)c3cn(C)cn3)cc2CC(=O)N([C@H](C)CO)C[C@@H]1C. The number of amides is 3. The molecule has 0 saturated carbocycles. The maximum Gasteiger partial charge on any atom is 0.317 e. The minimum absolute atomic E-state index is 0.0312. The molecule has 3 amide bonds. The van der Waals surface area contributed by atoms with E-state index in [0.717, 1.165) is 0 Å². The number of benzene rings is 1. The van der Waals surface area contributed by atoms with Gasteiger partial charge in [0.1, 0.15) is 11.9 Å². The number of rotatable bonds is 8. The summed E-state index contributed by atoms with van der Waals surface area (Å²) in [4.78, 5) is 32.9. The fourth-order valence-electron chi connectivity index (χ4n) is 4.16. The highest BCUT2D eigenvalue weighted by atomic mass is 32.2. The number of urea groups is 1. The molecule has 2 aromatic rings. The summed E-state index contributed by atoms with van der Waals surface area (Å²) in [7, 11) is -0.594. The summed E-state index contributed by atoms with van der Waals surface area (Å²) in [6.07, 6.45) is 2.25. The van der Waals surface area contributed by atoms with Gasteiger partial charge in [-0.1, -0.05) is 6.92 Å². The molecule has 0 radical (unpaired) electrons. The summed E-state index contributed by atoms with van der Waals surface area (Å²) in [6, 6.07) is 4.05. The number of carbonyl (C=O) groups is 2. The van der Waals surface area contributed by atoms with Crippen molar-refractivity contribution in [2.45, 2.75) is 57.3 Å². The molecule has 0 saturated heterocycles. The Hall–Kier alpha value is -3.32. The molecule has 3 N–H and O–H groups in total. The first kappa shape index (κ1) is 29.2. The van der Waals surface area contributed by atoms with E-state index in [2.05, 4.69) is 15.0 Å². The summed E-state index contributed by atoms with van der Waals surface area (Å²) >= 11 is 0. The summed E-state index contributed by atoms with van der Waals surface area (Å²) in [6.45, 7) is 7.81. The highest BCUT2D eigenvalue weighted by Crippen LogP contribution is 2.30. The van der Waals surface area contributed by atoms with Gasteiger partial charge in [-0.2, -0.15) is 8.42 Å². The standard InChI is InChI=1S/C25H38N6O6S/c1-16(2)27-25(34)30(6)12-22-17(3)11-31(18(4)14-32)24(33)10-19-9-20(7-8-21(19)37-22)28-38(35,36)23-13-29(5)15-26-23/h7-9,13,15-18,22,28,32H,10-12,14H2,1-6H3,(H,27,34)/t17-,18+,22-/m0/s1. The van der Waals surface area contributed by atoms with Crippen molar-refractivity contribution in [2.75, 3.05) is 31.5 Å². The number of anilines is 1. The van der Waals surface area contributed by atoms with Gasteiger partial charge in [-0.05, 0) is 39.0 Å². The second-order valence-electron chi connectivity index (χ2n) is 10.2. The molecule has 3 atom stereocenters. The Kier molecular flexibility index (Phi) is 9.26. The molecule has 0 bridgehead atoms. The van der Waals surface area contributed by atoms with E-state index in [-0.39, 0.29) is 54.2 Å². The van der Waals surface area contributed by atoms with E-state index in [1.165, 1.54) is 22.0 Å². The van der Waals surface area contributed by atoms with Crippen molar-refractivity contribution in [1.29, 1.82) is 0 Å². The fourth-order valence-corrected chi connectivity index (χ4v) is 5.19. The maximum absolute atomic E-state index is 13.3. The van der Waals surface area contributed by atoms with Crippen LogP contribution in [0.4, 0.5) is 10.5 Å². The van der Waals surface area contributed by atoms with Gasteiger partial charge < -0.3 is 29.5 Å². The van der Waals surface area contributed by atoms with Crippen LogP contribution in [0.2, 0.25) is 0 Å². The molecule has 210 valence electrons. The first-order valence-corrected chi connectivity index (χ1v) is 14.0. The quantitative estimate of drug-likeness (QED) is 0.451. The average molecular weight is 551 g/mol. The van der Waals surface area contributed by atoms with Crippen molar-refractivity contribution in [1.82, 2.24) is 24.7 Å². The highest BCUT2D eigenvalue weighted by Gasteiger charge is 2.32. The topological polar surface area (TPSA) is 146 Å². The summed E-state index contributed by atoms with van der Waals surface area (Å²) < 4.78 is 36.0. The molecule has 0 fully saturated rings. The monoisotopic (exact) mass is 550 g/mol. The van der Waals surface area contributed by atoms with Crippen molar-refractivity contribution in [3.63, 3.8) is 0 Å². The third-order valence-electron chi connectivity index (χ3n) is 6.34. The second kappa shape index (κ2) is 12.0. The van der Waals surface area contributed by atoms with Crippen molar-refractivity contribution >= 4 is 27.6 Å². The molecule has 1 aliphatic heterocycles.